The molecule has 156 valence electrons. The number of benzene rings is 2. The first-order valence-electron chi connectivity index (χ1n) is 9.18. The summed E-state index contributed by atoms with van der Waals surface area (Å²) in [5.74, 6) is -0.292. The van der Waals surface area contributed by atoms with E-state index < -0.39 is 11.9 Å². The molecule has 0 atom stereocenters. The molecule has 31 heavy (non-hydrogen) atoms. The maximum atomic E-state index is 12.7. The topological polar surface area (TPSA) is 94.8 Å². The lowest BCUT2D eigenvalue weighted by atomic mass is 10.1. The summed E-state index contributed by atoms with van der Waals surface area (Å²) >= 11 is 6.25. The van der Waals surface area contributed by atoms with Gasteiger partial charge in [0.05, 0.1) is 30.5 Å². The van der Waals surface area contributed by atoms with Gasteiger partial charge in [-0.05, 0) is 48.5 Å². The molecule has 2 aromatic heterocycles. The third-order valence-corrected chi connectivity index (χ3v) is 4.90. The Morgan fingerprint density at radius 2 is 1.81 bits per heavy atom. The Morgan fingerprint density at radius 3 is 2.48 bits per heavy atom. The highest BCUT2D eigenvalue weighted by atomic mass is 35.5. The molecule has 8 nitrogen and oxygen atoms in total. The number of amides is 1. The largest absolute Gasteiger partial charge is 0.495 e. The molecule has 0 unspecified atom stereocenters. The van der Waals surface area contributed by atoms with Gasteiger partial charge in [-0.3, -0.25) is 4.79 Å². The summed E-state index contributed by atoms with van der Waals surface area (Å²) in [6.45, 7) is 0. The van der Waals surface area contributed by atoms with Crippen LogP contribution in [-0.2, 0) is 4.74 Å². The zero-order valence-corrected chi connectivity index (χ0v) is 17.4. The molecule has 0 aliphatic rings. The van der Waals surface area contributed by atoms with Crippen molar-refractivity contribution in [3.05, 3.63) is 77.1 Å². The maximum absolute atomic E-state index is 12.7. The van der Waals surface area contributed by atoms with Crippen LogP contribution in [0.4, 0.5) is 5.69 Å². The van der Waals surface area contributed by atoms with Gasteiger partial charge in [0.25, 0.3) is 5.91 Å². The van der Waals surface area contributed by atoms with Crippen LogP contribution in [0.25, 0.3) is 16.9 Å². The van der Waals surface area contributed by atoms with Crippen molar-refractivity contribution in [2.75, 3.05) is 19.5 Å². The Morgan fingerprint density at radius 1 is 1.03 bits per heavy atom. The number of ether oxygens (including phenoxy) is 2. The van der Waals surface area contributed by atoms with Gasteiger partial charge in [-0.2, -0.15) is 5.10 Å². The number of nitrogens with one attached hydrogen (secondary N) is 1. The van der Waals surface area contributed by atoms with Crippen LogP contribution in [-0.4, -0.2) is 40.7 Å². The summed E-state index contributed by atoms with van der Waals surface area (Å²) in [7, 11) is 2.86. The van der Waals surface area contributed by atoms with Gasteiger partial charge < -0.3 is 14.8 Å². The van der Waals surface area contributed by atoms with Crippen molar-refractivity contribution < 1.29 is 19.1 Å². The second kappa shape index (κ2) is 8.45. The normalized spacial score (nSPS) is 10.7. The highest BCUT2D eigenvalue weighted by Gasteiger charge is 2.15. The van der Waals surface area contributed by atoms with Crippen molar-refractivity contribution in [2.24, 2.45) is 0 Å². The summed E-state index contributed by atoms with van der Waals surface area (Å²) in [5, 5.41) is 7.63. The quantitative estimate of drug-likeness (QED) is 0.473. The van der Waals surface area contributed by atoms with Crippen LogP contribution in [0.1, 0.15) is 20.8 Å². The number of hydrogen-bond donors (Lipinski definition) is 1. The van der Waals surface area contributed by atoms with Crippen LogP contribution < -0.4 is 10.1 Å². The predicted molar refractivity (Wildman–Crippen MR) is 116 cm³/mol. The van der Waals surface area contributed by atoms with Gasteiger partial charge in [-0.25, -0.2) is 14.3 Å². The number of fused-ring (bicyclic) bond motifs is 1. The van der Waals surface area contributed by atoms with Crippen LogP contribution in [0, 0.1) is 0 Å². The number of anilines is 1. The highest BCUT2D eigenvalue weighted by Crippen LogP contribution is 2.30. The number of esters is 1. The molecule has 0 bridgehead atoms. The van der Waals surface area contributed by atoms with E-state index in [-0.39, 0.29) is 5.69 Å². The molecule has 4 rings (SSSR count). The Kier molecular flexibility index (Phi) is 5.55. The summed E-state index contributed by atoms with van der Waals surface area (Å²) in [6.07, 6.45) is 1.64. The number of halogens is 1. The molecule has 1 amide bonds. The lowest BCUT2D eigenvalue weighted by Crippen LogP contribution is -2.13. The molecule has 1 N–H and O–H groups in total. The first kappa shape index (κ1) is 20.4. The molecule has 2 heterocycles. The zero-order chi connectivity index (χ0) is 22.0. The summed E-state index contributed by atoms with van der Waals surface area (Å²) in [6, 6.07) is 15.1. The SMILES string of the molecule is COC(=O)c1ccc(NC(=O)c2cc3nccc(-c4ccc(OC)c(Cl)c4)n3n2)cc1. The standard InChI is InChI=1S/C22H17ClN4O4/c1-30-19-8-5-14(11-16(19)23)18-9-10-24-20-12-17(26-27(18)20)21(28)25-15-6-3-13(4-7-15)22(29)31-2/h3-12H,1-2H3,(H,25,28). The van der Waals surface area contributed by atoms with Crippen molar-refractivity contribution in [1.29, 1.82) is 0 Å². The van der Waals surface area contributed by atoms with Crippen LogP contribution in [0.5, 0.6) is 5.75 Å². The van der Waals surface area contributed by atoms with Crippen molar-refractivity contribution in [2.45, 2.75) is 0 Å². The summed E-state index contributed by atoms with van der Waals surface area (Å²) in [5.41, 5.74) is 3.12. The molecule has 0 aliphatic heterocycles. The van der Waals surface area contributed by atoms with Gasteiger partial charge >= 0.3 is 5.97 Å². The van der Waals surface area contributed by atoms with E-state index >= 15 is 0 Å². The average molecular weight is 437 g/mol. The smallest absolute Gasteiger partial charge is 0.337 e. The van der Waals surface area contributed by atoms with Crippen LogP contribution in [0.2, 0.25) is 5.02 Å². The van der Waals surface area contributed by atoms with Crippen LogP contribution >= 0.6 is 11.6 Å². The lowest BCUT2D eigenvalue weighted by Gasteiger charge is -2.07. The minimum absolute atomic E-state index is 0.191. The summed E-state index contributed by atoms with van der Waals surface area (Å²) < 4.78 is 11.4. The fourth-order valence-corrected chi connectivity index (χ4v) is 3.31. The first-order valence-corrected chi connectivity index (χ1v) is 9.56. The molecule has 0 aliphatic carbocycles. The van der Waals surface area contributed by atoms with Crippen LogP contribution in [0.15, 0.2) is 60.8 Å². The van der Waals surface area contributed by atoms with E-state index in [0.29, 0.717) is 27.7 Å². The number of hydrogen-bond acceptors (Lipinski definition) is 6. The van der Waals surface area contributed by atoms with E-state index in [9.17, 15) is 9.59 Å². The van der Waals surface area contributed by atoms with E-state index in [0.717, 1.165) is 11.3 Å². The summed E-state index contributed by atoms with van der Waals surface area (Å²) in [4.78, 5) is 28.5. The van der Waals surface area contributed by atoms with Gasteiger partial charge in [0.15, 0.2) is 11.3 Å². The maximum Gasteiger partial charge on any atom is 0.337 e. The minimum atomic E-state index is -0.449. The van der Waals surface area contributed by atoms with Crippen molar-refractivity contribution in [1.82, 2.24) is 14.6 Å². The van der Waals surface area contributed by atoms with E-state index in [1.165, 1.54) is 7.11 Å². The molecule has 2 aromatic carbocycles. The van der Waals surface area contributed by atoms with E-state index in [4.69, 9.17) is 16.3 Å². The zero-order valence-electron chi connectivity index (χ0n) is 16.6. The number of methoxy groups -OCH3 is 2. The van der Waals surface area contributed by atoms with Gasteiger partial charge in [-0.1, -0.05) is 11.6 Å². The number of nitrogens with zero attached hydrogens (tertiary/aromatic N) is 3. The molecule has 0 saturated carbocycles. The second-order valence-corrected chi connectivity index (χ2v) is 6.91. The Balaban J connectivity index is 1.62. The third-order valence-electron chi connectivity index (χ3n) is 4.60. The van der Waals surface area contributed by atoms with Gasteiger partial charge in [0.2, 0.25) is 0 Å². The monoisotopic (exact) mass is 436 g/mol. The molecule has 0 saturated heterocycles. The van der Waals surface area contributed by atoms with Crippen molar-refractivity contribution >= 4 is 34.8 Å². The fraction of sp³-hybridized carbons (Fsp3) is 0.0909. The number of rotatable bonds is 5. The van der Waals surface area contributed by atoms with Gasteiger partial charge in [0, 0.05) is 23.5 Å². The van der Waals surface area contributed by atoms with Crippen molar-refractivity contribution in [3.63, 3.8) is 0 Å². The molecule has 0 spiro atoms. The lowest BCUT2D eigenvalue weighted by molar-refractivity contribution is 0.0600. The van der Waals surface area contributed by atoms with E-state index in [2.05, 4.69) is 20.1 Å². The van der Waals surface area contributed by atoms with Gasteiger partial charge in [-0.15, -0.1) is 0 Å². The van der Waals surface area contributed by atoms with Crippen LogP contribution in [0.3, 0.4) is 0 Å². The fourth-order valence-electron chi connectivity index (χ4n) is 3.05. The minimum Gasteiger partial charge on any atom is -0.495 e. The molecule has 9 heteroatoms. The predicted octanol–water partition coefficient (Wildman–Crippen LogP) is 4.10. The molecule has 4 aromatic rings. The first-order chi connectivity index (χ1) is 15.0. The van der Waals surface area contributed by atoms with E-state index in [1.54, 1.807) is 66.4 Å². The Bertz CT molecular complexity index is 1280. The number of aromatic nitrogens is 3. The average Bonchev–Trinajstić information content (AvgIpc) is 3.23. The second-order valence-electron chi connectivity index (χ2n) is 6.50. The van der Waals surface area contributed by atoms with Gasteiger partial charge in [0.1, 0.15) is 5.75 Å². The number of carbonyl (C=O) groups excluding carboxylic acids is 2. The number of carbonyl (C=O) groups is 2. The highest BCUT2D eigenvalue weighted by molar-refractivity contribution is 6.32. The molecule has 0 fully saturated rings. The third kappa shape index (κ3) is 4.06. The molecular formula is C22H17ClN4O4. The molecular weight excluding hydrogens is 420 g/mol. The molecule has 0 radical (unpaired) electrons. The Hall–Kier alpha value is -3.91. The van der Waals surface area contributed by atoms with E-state index in [1.807, 2.05) is 6.07 Å². The Labute approximate surface area is 182 Å². The van der Waals surface area contributed by atoms with Crippen molar-refractivity contribution in [3.8, 4) is 17.0 Å².